The van der Waals surface area contributed by atoms with E-state index in [2.05, 4.69) is 0 Å². The first-order valence-corrected chi connectivity index (χ1v) is 7.06. The number of hydrogen-bond donors (Lipinski definition) is 1. The predicted molar refractivity (Wildman–Crippen MR) is 71.7 cm³/mol. The van der Waals surface area contributed by atoms with E-state index in [1.165, 1.54) is 16.2 Å². The van der Waals surface area contributed by atoms with Crippen LogP contribution in [0.1, 0.15) is 17.7 Å². The molecule has 1 N–H and O–H groups in total. The van der Waals surface area contributed by atoms with Crippen LogP contribution in [0.5, 0.6) is 0 Å². The molecule has 1 fully saturated rings. The predicted octanol–water partition coefficient (Wildman–Crippen LogP) is 1.82. The van der Waals surface area contributed by atoms with E-state index in [0.717, 1.165) is 4.88 Å². The van der Waals surface area contributed by atoms with Crippen molar-refractivity contribution in [2.24, 2.45) is 0 Å². The van der Waals surface area contributed by atoms with Crippen molar-refractivity contribution in [3.05, 3.63) is 21.3 Å². The molecule has 2 rings (SSSR count). The maximum absolute atomic E-state index is 12.4. The third-order valence-electron chi connectivity index (χ3n) is 3.09. The number of nitrogens with zero attached hydrogens (tertiary/aromatic N) is 1. The first-order chi connectivity index (χ1) is 9.00. The summed E-state index contributed by atoms with van der Waals surface area (Å²) >= 11 is 7.19. The summed E-state index contributed by atoms with van der Waals surface area (Å²) in [6.45, 7) is 2.48. The Kier molecular flexibility index (Phi) is 4.44. The van der Waals surface area contributed by atoms with Gasteiger partial charge in [0.05, 0.1) is 23.5 Å². The summed E-state index contributed by atoms with van der Waals surface area (Å²) in [7, 11) is 0. The molecule has 2 unspecified atom stereocenters. The molecule has 0 saturated carbocycles. The van der Waals surface area contributed by atoms with Gasteiger partial charge in [0.25, 0.3) is 0 Å². The first kappa shape index (κ1) is 14.3. The Morgan fingerprint density at radius 3 is 2.89 bits per heavy atom. The number of ether oxygens (including phenoxy) is 1. The molecule has 1 amide bonds. The molecule has 1 saturated heterocycles. The van der Waals surface area contributed by atoms with Gasteiger partial charge in [-0.25, -0.2) is 4.79 Å². The van der Waals surface area contributed by atoms with Crippen molar-refractivity contribution in [3.8, 4) is 0 Å². The lowest BCUT2D eigenvalue weighted by Crippen LogP contribution is -2.53. The molecule has 104 valence electrons. The molecule has 1 aromatic heterocycles. The van der Waals surface area contributed by atoms with Gasteiger partial charge in [-0.05, 0) is 19.1 Å². The minimum Gasteiger partial charge on any atom is -0.480 e. The maximum atomic E-state index is 12.4. The van der Waals surface area contributed by atoms with E-state index in [4.69, 9.17) is 21.4 Å². The van der Waals surface area contributed by atoms with Gasteiger partial charge in [0.1, 0.15) is 0 Å². The summed E-state index contributed by atoms with van der Waals surface area (Å²) in [6.07, 6.45) is 0. The summed E-state index contributed by atoms with van der Waals surface area (Å²) in [5.41, 5.74) is 0. The quantitative estimate of drug-likeness (QED) is 0.925. The van der Waals surface area contributed by atoms with Gasteiger partial charge in [-0.1, -0.05) is 11.6 Å². The van der Waals surface area contributed by atoms with Crippen LogP contribution in [0.2, 0.25) is 4.34 Å². The van der Waals surface area contributed by atoms with E-state index in [1.807, 2.05) is 0 Å². The van der Waals surface area contributed by atoms with Crippen LogP contribution < -0.4 is 0 Å². The lowest BCUT2D eigenvalue weighted by Gasteiger charge is -2.34. The van der Waals surface area contributed by atoms with Crippen LogP contribution in [0.25, 0.3) is 0 Å². The fraction of sp³-hybridized carbons (Fsp3) is 0.500. The molecule has 7 heteroatoms. The normalized spacial score (nSPS) is 21.2. The van der Waals surface area contributed by atoms with Gasteiger partial charge < -0.3 is 14.7 Å². The van der Waals surface area contributed by atoms with E-state index in [0.29, 0.717) is 17.5 Å². The molecule has 19 heavy (non-hydrogen) atoms. The van der Waals surface area contributed by atoms with Crippen molar-refractivity contribution in [3.63, 3.8) is 0 Å². The highest BCUT2D eigenvalue weighted by Crippen LogP contribution is 2.30. The second kappa shape index (κ2) is 5.90. The highest BCUT2D eigenvalue weighted by molar-refractivity contribution is 7.16. The third-order valence-corrected chi connectivity index (χ3v) is 4.50. The fourth-order valence-corrected chi connectivity index (χ4v) is 3.11. The maximum Gasteiger partial charge on any atom is 0.328 e. The van der Waals surface area contributed by atoms with Gasteiger partial charge in [-0.15, -0.1) is 11.3 Å². The van der Waals surface area contributed by atoms with Crippen LogP contribution >= 0.6 is 22.9 Å². The van der Waals surface area contributed by atoms with Crippen molar-refractivity contribution < 1.29 is 19.4 Å². The number of hydrogen-bond acceptors (Lipinski definition) is 4. The topological polar surface area (TPSA) is 66.8 Å². The zero-order valence-electron chi connectivity index (χ0n) is 10.3. The largest absolute Gasteiger partial charge is 0.480 e. The third kappa shape index (κ3) is 3.08. The Bertz CT molecular complexity index is 490. The van der Waals surface area contributed by atoms with Gasteiger partial charge in [0.15, 0.2) is 6.04 Å². The van der Waals surface area contributed by atoms with Crippen molar-refractivity contribution in [1.82, 2.24) is 4.90 Å². The standard InChI is InChI=1S/C12H14ClNO4S/c1-7(9-2-3-10(13)19-9)11(15)14-4-5-18-6-8(14)12(16)17/h2-3,7-8H,4-6H2,1H3,(H,16,17). The zero-order valence-corrected chi connectivity index (χ0v) is 11.9. The minimum absolute atomic E-state index is 0.0407. The summed E-state index contributed by atoms with van der Waals surface area (Å²) in [4.78, 5) is 25.8. The van der Waals surface area contributed by atoms with Crippen molar-refractivity contribution in [2.75, 3.05) is 19.8 Å². The van der Waals surface area contributed by atoms with Crippen LogP contribution in [-0.2, 0) is 14.3 Å². The number of morpholine rings is 1. The molecule has 5 nitrogen and oxygen atoms in total. The van der Waals surface area contributed by atoms with E-state index in [9.17, 15) is 9.59 Å². The van der Waals surface area contributed by atoms with Crippen molar-refractivity contribution >= 4 is 34.8 Å². The summed E-state index contributed by atoms with van der Waals surface area (Å²) in [5, 5.41) is 9.12. The number of amides is 1. The lowest BCUT2D eigenvalue weighted by molar-refractivity contribution is -0.158. The van der Waals surface area contributed by atoms with Gasteiger partial charge >= 0.3 is 5.97 Å². The smallest absolute Gasteiger partial charge is 0.328 e. The number of aliphatic carboxylic acids is 1. The monoisotopic (exact) mass is 303 g/mol. The van der Waals surface area contributed by atoms with Crippen LogP contribution in [-0.4, -0.2) is 47.7 Å². The molecular formula is C12H14ClNO4S. The highest BCUT2D eigenvalue weighted by atomic mass is 35.5. The molecule has 2 atom stereocenters. The second-order valence-electron chi connectivity index (χ2n) is 4.32. The van der Waals surface area contributed by atoms with Crippen LogP contribution in [0, 0.1) is 0 Å². The molecular weight excluding hydrogens is 290 g/mol. The Hall–Kier alpha value is -1.11. The van der Waals surface area contributed by atoms with Crippen LogP contribution in [0.4, 0.5) is 0 Å². The number of carboxylic acids is 1. The van der Waals surface area contributed by atoms with Crippen molar-refractivity contribution in [1.29, 1.82) is 0 Å². The SMILES string of the molecule is CC(C(=O)N1CCOCC1C(=O)O)c1ccc(Cl)s1. The molecule has 1 aliphatic rings. The minimum atomic E-state index is -1.04. The second-order valence-corrected chi connectivity index (χ2v) is 6.07. The van der Waals surface area contributed by atoms with Crippen LogP contribution in [0.3, 0.4) is 0 Å². The zero-order chi connectivity index (χ0) is 14.0. The lowest BCUT2D eigenvalue weighted by atomic mass is 10.1. The number of carboxylic acid groups (broad SMARTS) is 1. The molecule has 2 heterocycles. The van der Waals surface area contributed by atoms with Crippen LogP contribution in [0.15, 0.2) is 12.1 Å². The highest BCUT2D eigenvalue weighted by Gasteiger charge is 2.35. The molecule has 0 bridgehead atoms. The van der Waals surface area contributed by atoms with Crippen molar-refractivity contribution in [2.45, 2.75) is 18.9 Å². The van der Waals surface area contributed by atoms with E-state index >= 15 is 0 Å². The number of halogens is 1. The molecule has 0 aromatic carbocycles. The van der Waals surface area contributed by atoms with Gasteiger partial charge in [-0.2, -0.15) is 0 Å². The summed E-state index contributed by atoms with van der Waals surface area (Å²) in [5.74, 6) is -1.63. The van der Waals surface area contributed by atoms with E-state index in [-0.39, 0.29) is 12.5 Å². The molecule has 1 aliphatic heterocycles. The molecule has 0 spiro atoms. The number of carbonyl (C=O) groups excluding carboxylic acids is 1. The fourth-order valence-electron chi connectivity index (χ4n) is 2.00. The van der Waals surface area contributed by atoms with Gasteiger partial charge in [-0.3, -0.25) is 4.79 Å². The molecule has 0 aliphatic carbocycles. The van der Waals surface area contributed by atoms with Gasteiger partial charge in [0, 0.05) is 11.4 Å². The number of thiophene rings is 1. The number of carbonyl (C=O) groups is 2. The Morgan fingerprint density at radius 2 is 2.32 bits per heavy atom. The van der Waals surface area contributed by atoms with E-state index in [1.54, 1.807) is 19.1 Å². The summed E-state index contributed by atoms with van der Waals surface area (Å²) in [6, 6.07) is 2.63. The van der Waals surface area contributed by atoms with Gasteiger partial charge in [0.2, 0.25) is 5.91 Å². The summed E-state index contributed by atoms with van der Waals surface area (Å²) < 4.78 is 5.74. The Balaban J connectivity index is 2.15. The Morgan fingerprint density at radius 1 is 1.58 bits per heavy atom. The first-order valence-electron chi connectivity index (χ1n) is 5.87. The van der Waals surface area contributed by atoms with E-state index < -0.39 is 17.9 Å². The Labute approximate surface area is 119 Å². The average Bonchev–Trinajstić information content (AvgIpc) is 2.83. The average molecular weight is 304 g/mol. The molecule has 0 radical (unpaired) electrons. The molecule has 1 aromatic rings. The number of rotatable bonds is 3.